The Balaban J connectivity index is 1.84. The summed E-state index contributed by atoms with van der Waals surface area (Å²) >= 11 is 2.01. The highest BCUT2D eigenvalue weighted by Crippen LogP contribution is 2.36. The van der Waals surface area contributed by atoms with Crippen molar-refractivity contribution in [1.82, 2.24) is 0 Å². The Labute approximate surface area is 218 Å². The van der Waals surface area contributed by atoms with Crippen molar-refractivity contribution in [2.24, 2.45) is 0 Å². The van der Waals surface area contributed by atoms with Crippen LogP contribution in [0.15, 0.2) is 66.2 Å². The second-order valence-electron chi connectivity index (χ2n) is 7.38. The van der Waals surface area contributed by atoms with Crippen LogP contribution < -0.4 is 14.8 Å². The Bertz CT molecular complexity index is 1330. The van der Waals surface area contributed by atoms with Crippen LogP contribution in [0, 0.1) is 20.7 Å². The standard InChI is InChI=1S/C26H19F4IN2O3/c1-2-35-23-12-17(11-22(31)24(23)36-15-16-5-3-7-20(27)10-16)9-18(14-32)25(34)33-21-8-4-6-19(13-21)26(28,29)30/h3-13H,2,15H2,1H3,(H,33,34)/b18-9+. The predicted octanol–water partition coefficient (Wildman–Crippen LogP) is 6.97. The molecule has 0 saturated heterocycles. The van der Waals surface area contributed by atoms with Gasteiger partial charge in [-0.15, -0.1) is 0 Å². The molecular formula is C26H19F4IN2O3. The molecule has 0 bridgehead atoms. The van der Waals surface area contributed by atoms with Gasteiger partial charge in [0.15, 0.2) is 11.5 Å². The zero-order chi connectivity index (χ0) is 26.3. The first-order valence-electron chi connectivity index (χ1n) is 10.5. The van der Waals surface area contributed by atoms with E-state index in [0.717, 1.165) is 18.2 Å². The van der Waals surface area contributed by atoms with Gasteiger partial charge < -0.3 is 14.8 Å². The molecular weight excluding hydrogens is 591 g/mol. The van der Waals surface area contributed by atoms with E-state index in [1.807, 2.05) is 22.6 Å². The number of rotatable bonds is 8. The Morgan fingerprint density at radius 2 is 1.86 bits per heavy atom. The lowest BCUT2D eigenvalue weighted by Gasteiger charge is -2.15. The smallest absolute Gasteiger partial charge is 0.416 e. The van der Waals surface area contributed by atoms with Gasteiger partial charge in [0, 0.05) is 5.69 Å². The fourth-order valence-corrected chi connectivity index (χ4v) is 3.92. The molecule has 0 heterocycles. The van der Waals surface area contributed by atoms with E-state index in [4.69, 9.17) is 9.47 Å². The minimum Gasteiger partial charge on any atom is -0.490 e. The van der Waals surface area contributed by atoms with Crippen LogP contribution in [-0.4, -0.2) is 12.5 Å². The van der Waals surface area contributed by atoms with Crippen molar-refractivity contribution in [1.29, 1.82) is 5.26 Å². The van der Waals surface area contributed by atoms with Crippen molar-refractivity contribution in [2.75, 3.05) is 11.9 Å². The fraction of sp³-hybridized carbons (Fsp3) is 0.154. The van der Waals surface area contributed by atoms with Crippen LogP contribution in [0.2, 0.25) is 0 Å². The van der Waals surface area contributed by atoms with Crippen LogP contribution in [0.3, 0.4) is 0 Å². The maximum Gasteiger partial charge on any atom is 0.416 e. The molecule has 3 rings (SSSR count). The summed E-state index contributed by atoms with van der Waals surface area (Å²) in [5.74, 6) is -0.492. The Hall–Kier alpha value is -3.59. The SMILES string of the molecule is CCOc1cc(/C=C(\C#N)C(=O)Nc2cccc(C(F)(F)F)c2)cc(I)c1OCc1cccc(F)c1. The summed E-state index contributed by atoms with van der Waals surface area (Å²) in [6, 6.07) is 15.1. The maximum absolute atomic E-state index is 13.5. The predicted molar refractivity (Wildman–Crippen MR) is 135 cm³/mol. The van der Waals surface area contributed by atoms with Crippen LogP contribution >= 0.6 is 22.6 Å². The molecule has 1 amide bonds. The van der Waals surface area contributed by atoms with Gasteiger partial charge in [-0.25, -0.2) is 4.39 Å². The van der Waals surface area contributed by atoms with Gasteiger partial charge in [0.25, 0.3) is 5.91 Å². The van der Waals surface area contributed by atoms with Gasteiger partial charge in [0.05, 0.1) is 15.7 Å². The van der Waals surface area contributed by atoms with Crippen LogP contribution in [0.1, 0.15) is 23.6 Å². The van der Waals surface area contributed by atoms with Gasteiger partial charge in [-0.1, -0.05) is 18.2 Å². The van der Waals surface area contributed by atoms with E-state index < -0.39 is 17.6 Å². The number of hydrogen-bond donors (Lipinski definition) is 1. The molecule has 0 fully saturated rings. The van der Waals surface area contributed by atoms with E-state index in [9.17, 15) is 27.6 Å². The monoisotopic (exact) mass is 610 g/mol. The first-order chi connectivity index (χ1) is 17.1. The number of nitrogens with zero attached hydrogens (tertiary/aromatic N) is 1. The van der Waals surface area contributed by atoms with Gasteiger partial charge in [0.2, 0.25) is 0 Å². The number of halogens is 5. The van der Waals surface area contributed by atoms with Gasteiger partial charge >= 0.3 is 6.18 Å². The number of carbonyl (C=O) groups is 1. The zero-order valence-corrected chi connectivity index (χ0v) is 21.0. The highest BCUT2D eigenvalue weighted by molar-refractivity contribution is 14.1. The van der Waals surface area contributed by atoms with Crippen molar-refractivity contribution in [3.05, 3.63) is 92.3 Å². The second-order valence-corrected chi connectivity index (χ2v) is 8.55. The Kier molecular flexibility index (Phi) is 8.93. The van der Waals surface area contributed by atoms with Crippen molar-refractivity contribution >= 4 is 40.3 Å². The molecule has 0 saturated carbocycles. The van der Waals surface area contributed by atoms with Gasteiger partial charge in [-0.05, 0) is 89.2 Å². The molecule has 0 spiro atoms. The molecule has 0 aliphatic rings. The largest absolute Gasteiger partial charge is 0.490 e. The molecule has 5 nitrogen and oxygen atoms in total. The molecule has 10 heteroatoms. The molecule has 36 heavy (non-hydrogen) atoms. The summed E-state index contributed by atoms with van der Waals surface area (Å²) in [5.41, 5.74) is -0.278. The molecule has 0 atom stereocenters. The molecule has 0 aliphatic carbocycles. The topological polar surface area (TPSA) is 71.3 Å². The molecule has 3 aromatic carbocycles. The highest BCUT2D eigenvalue weighted by atomic mass is 127. The van der Waals surface area contributed by atoms with E-state index in [1.54, 1.807) is 37.3 Å². The number of hydrogen-bond acceptors (Lipinski definition) is 4. The van der Waals surface area contributed by atoms with Gasteiger partial charge in [-0.2, -0.15) is 18.4 Å². The summed E-state index contributed by atoms with van der Waals surface area (Å²) in [6.45, 7) is 2.17. The summed E-state index contributed by atoms with van der Waals surface area (Å²) in [5, 5.41) is 11.8. The van der Waals surface area contributed by atoms with Crippen molar-refractivity contribution in [3.8, 4) is 17.6 Å². The number of carbonyl (C=O) groups excluding carboxylic acids is 1. The summed E-state index contributed by atoms with van der Waals surface area (Å²) in [7, 11) is 0. The van der Waals surface area contributed by atoms with Crippen molar-refractivity contribution in [3.63, 3.8) is 0 Å². The third-order valence-electron chi connectivity index (χ3n) is 4.73. The minimum absolute atomic E-state index is 0.0891. The lowest BCUT2D eigenvalue weighted by molar-refractivity contribution is -0.137. The van der Waals surface area contributed by atoms with Crippen molar-refractivity contribution < 1.29 is 31.8 Å². The van der Waals surface area contributed by atoms with Crippen LogP contribution in [0.5, 0.6) is 11.5 Å². The number of benzene rings is 3. The number of nitriles is 1. The number of amides is 1. The Morgan fingerprint density at radius 3 is 2.53 bits per heavy atom. The van der Waals surface area contributed by atoms with Gasteiger partial charge in [-0.3, -0.25) is 4.79 Å². The summed E-state index contributed by atoms with van der Waals surface area (Å²) in [4.78, 5) is 12.6. The van der Waals surface area contributed by atoms with E-state index in [-0.39, 0.29) is 23.7 Å². The van der Waals surface area contributed by atoms with E-state index >= 15 is 0 Å². The fourth-order valence-electron chi connectivity index (χ4n) is 3.14. The lowest BCUT2D eigenvalue weighted by Crippen LogP contribution is -2.14. The van der Waals surface area contributed by atoms with Gasteiger partial charge in [0.1, 0.15) is 24.1 Å². The second kappa shape index (κ2) is 11.9. The molecule has 3 aromatic rings. The maximum atomic E-state index is 13.5. The average Bonchev–Trinajstić information content (AvgIpc) is 2.82. The first-order valence-corrected chi connectivity index (χ1v) is 11.6. The number of alkyl halides is 3. The highest BCUT2D eigenvalue weighted by Gasteiger charge is 2.30. The van der Waals surface area contributed by atoms with E-state index in [0.29, 0.717) is 32.8 Å². The lowest BCUT2D eigenvalue weighted by atomic mass is 10.1. The Morgan fingerprint density at radius 1 is 1.11 bits per heavy atom. The average molecular weight is 610 g/mol. The van der Waals surface area contributed by atoms with Crippen molar-refractivity contribution in [2.45, 2.75) is 19.7 Å². The van der Waals surface area contributed by atoms with Crippen LogP contribution in [0.4, 0.5) is 23.2 Å². The van der Waals surface area contributed by atoms with Crippen LogP contribution in [-0.2, 0) is 17.6 Å². The van der Waals surface area contributed by atoms with Crippen LogP contribution in [0.25, 0.3) is 6.08 Å². The summed E-state index contributed by atoms with van der Waals surface area (Å²) < 4.78 is 64.4. The first kappa shape index (κ1) is 27.0. The molecule has 186 valence electrons. The number of ether oxygens (including phenoxy) is 2. The quantitative estimate of drug-likeness (QED) is 0.130. The number of nitrogens with one attached hydrogen (secondary N) is 1. The third-order valence-corrected chi connectivity index (χ3v) is 5.53. The molecule has 0 unspecified atom stereocenters. The molecule has 0 radical (unpaired) electrons. The third kappa shape index (κ3) is 7.21. The van der Waals surface area contributed by atoms with E-state index in [1.165, 1.54) is 24.3 Å². The normalized spacial score (nSPS) is 11.5. The summed E-state index contributed by atoms with van der Waals surface area (Å²) in [6.07, 6.45) is -3.27. The zero-order valence-electron chi connectivity index (χ0n) is 18.8. The molecule has 0 aromatic heterocycles. The molecule has 1 N–H and O–H groups in total. The van der Waals surface area contributed by atoms with E-state index in [2.05, 4.69) is 5.32 Å². The number of anilines is 1. The molecule has 0 aliphatic heterocycles. The minimum atomic E-state index is -4.57.